The molecule has 0 bridgehead atoms. The Kier molecular flexibility index (Phi) is 4.61. The number of aromatic amines is 1. The number of hydrogen-bond acceptors (Lipinski definition) is 4. The summed E-state index contributed by atoms with van der Waals surface area (Å²) in [6.45, 7) is 1.63. The van der Waals surface area contributed by atoms with Crippen LogP contribution in [0.2, 0.25) is 0 Å². The molecule has 3 rings (SSSR count). The average molecular weight is 328 g/mol. The third-order valence-corrected chi connectivity index (χ3v) is 4.34. The molecule has 1 aliphatic rings. The number of fused-ring (bicyclic) bond motifs is 1. The number of nitrogens with one attached hydrogen (secondary N) is 2. The molecule has 0 saturated carbocycles. The Hall–Kier alpha value is -2.67. The molecule has 126 valence electrons. The van der Waals surface area contributed by atoms with E-state index in [4.69, 9.17) is 5.73 Å². The predicted octanol–water partition coefficient (Wildman–Crippen LogP) is 0.208. The zero-order chi connectivity index (χ0) is 17.1. The number of carbonyl (C=O) groups is 2. The average Bonchev–Trinajstić information content (AvgIpc) is 2.56. The van der Waals surface area contributed by atoms with E-state index in [2.05, 4.69) is 10.3 Å². The molecule has 7 heteroatoms. The molecule has 0 aliphatic carbocycles. The van der Waals surface area contributed by atoms with Gasteiger partial charge in [-0.1, -0.05) is 12.1 Å². The minimum Gasteiger partial charge on any atom is -0.369 e. The van der Waals surface area contributed by atoms with Crippen LogP contribution in [0.15, 0.2) is 35.3 Å². The maximum Gasteiger partial charge on any atom is 0.256 e. The molecule has 0 spiro atoms. The van der Waals surface area contributed by atoms with Crippen LogP contribution in [0.25, 0.3) is 10.9 Å². The Balaban J connectivity index is 1.67. The van der Waals surface area contributed by atoms with E-state index in [1.54, 1.807) is 18.2 Å². The van der Waals surface area contributed by atoms with Crippen LogP contribution in [0.5, 0.6) is 0 Å². The summed E-state index contributed by atoms with van der Waals surface area (Å²) in [4.78, 5) is 40.7. The van der Waals surface area contributed by atoms with Crippen molar-refractivity contribution in [2.75, 3.05) is 19.6 Å². The van der Waals surface area contributed by atoms with Crippen molar-refractivity contribution in [3.8, 4) is 0 Å². The molecule has 2 heterocycles. The first kappa shape index (κ1) is 16.2. The molecule has 0 unspecified atom stereocenters. The van der Waals surface area contributed by atoms with Crippen molar-refractivity contribution in [2.45, 2.75) is 18.9 Å². The number of pyridine rings is 1. The first-order valence-corrected chi connectivity index (χ1v) is 7.96. The van der Waals surface area contributed by atoms with Gasteiger partial charge in [0.2, 0.25) is 11.3 Å². The van der Waals surface area contributed by atoms with Gasteiger partial charge in [0.25, 0.3) is 5.91 Å². The number of H-pyrrole nitrogens is 1. The molecule has 1 aliphatic heterocycles. The monoisotopic (exact) mass is 328 g/mol. The molecule has 4 N–H and O–H groups in total. The van der Waals surface area contributed by atoms with Crippen molar-refractivity contribution in [3.05, 3.63) is 46.2 Å². The molecule has 1 aromatic carbocycles. The maximum atomic E-state index is 12.4. The van der Waals surface area contributed by atoms with Crippen LogP contribution in [0.4, 0.5) is 0 Å². The van der Waals surface area contributed by atoms with Crippen molar-refractivity contribution in [1.82, 2.24) is 15.2 Å². The van der Waals surface area contributed by atoms with Gasteiger partial charge in [0.15, 0.2) is 0 Å². The Morgan fingerprint density at radius 2 is 1.96 bits per heavy atom. The highest BCUT2D eigenvalue weighted by Crippen LogP contribution is 2.11. The number of piperidine rings is 1. The van der Waals surface area contributed by atoms with Crippen molar-refractivity contribution < 1.29 is 9.59 Å². The first-order chi connectivity index (χ1) is 11.5. The smallest absolute Gasteiger partial charge is 0.256 e. The molecular formula is C17H20N4O3. The molecular weight excluding hydrogens is 308 g/mol. The summed E-state index contributed by atoms with van der Waals surface area (Å²) in [6.07, 6.45) is 2.91. The van der Waals surface area contributed by atoms with Crippen LogP contribution in [0, 0.1) is 0 Å². The van der Waals surface area contributed by atoms with E-state index in [0.717, 1.165) is 12.8 Å². The fourth-order valence-electron chi connectivity index (χ4n) is 3.06. The third kappa shape index (κ3) is 3.46. The number of amides is 2. The molecule has 2 aromatic rings. The molecule has 24 heavy (non-hydrogen) atoms. The van der Waals surface area contributed by atoms with Crippen LogP contribution < -0.4 is 16.5 Å². The van der Waals surface area contributed by atoms with Crippen LogP contribution in [-0.4, -0.2) is 47.4 Å². The second-order valence-electron chi connectivity index (χ2n) is 6.07. The largest absolute Gasteiger partial charge is 0.369 e. The number of primary amides is 1. The van der Waals surface area contributed by atoms with Crippen LogP contribution in [-0.2, 0) is 4.79 Å². The van der Waals surface area contributed by atoms with Gasteiger partial charge in [-0.25, -0.2) is 0 Å². The Bertz CT molecular complexity index is 822. The Morgan fingerprint density at radius 1 is 1.25 bits per heavy atom. The van der Waals surface area contributed by atoms with Crippen LogP contribution >= 0.6 is 0 Å². The highest BCUT2D eigenvalue weighted by atomic mass is 16.2. The van der Waals surface area contributed by atoms with Crippen molar-refractivity contribution in [1.29, 1.82) is 0 Å². The van der Waals surface area contributed by atoms with E-state index in [1.165, 1.54) is 6.20 Å². The van der Waals surface area contributed by atoms with Gasteiger partial charge in [0, 0.05) is 36.2 Å². The first-order valence-electron chi connectivity index (χ1n) is 7.96. The van der Waals surface area contributed by atoms with Gasteiger partial charge in [0.1, 0.15) is 5.56 Å². The molecule has 1 saturated heterocycles. The maximum absolute atomic E-state index is 12.4. The minimum absolute atomic E-state index is 0.00695. The standard InChI is InChI=1S/C17H20N4O3/c18-15(22)10-21-7-5-11(6-8-21)20-17(24)13-9-19-14-4-2-1-3-12(14)16(13)23/h1-4,9,11H,5-8,10H2,(H2,18,22)(H,19,23)(H,20,24). The summed E-state index contributed by atoms with van der Waals surface area (Å²) in [5.41, 5.74) is 5.74. The lowest BCUT2D eigenvalue weighted by Gasteiger charge is -2.31. The number of likely N-dealkylation sites (tertiary alicyclic amines) is 1. The van der Waals surface area contributed by atoms with Gasteiger partial charge in [-0.3, -0.25) is 19.3 Å². The number of para-hydroxylation sites is 1. The van der Waals surface area contributed by atoms with Gasteiger partial charge in [-0.2, -0.15) is 0 Å². The van der Waals surface area contributed by atoms with Crippen LogP contribution in [0.1, 0.15) is 23.2 Å². The van der Waals surface area contributed by atoms with Crippen molar-refractivity contribution in [2.24, 2.45) is 5.73 Å². The number of carbonyl (C=O) groups excluding carboxylic acids is 2. The number of nitrogens with two attached hydrogens (primary N) is 1. The van der Waals surface area contributed by atoms with E-state index < -0.39 is 0 Å². The zero-order valence-corrected chi connectivity index (χ0v) is 13.2. The fraction of sp³-hybridized carbons (Fsp3) is 0.353. The quantitative estimate of drug-likeness (QED) is 0.745. The summed E-state index contributed by atoms with van der Waals surface area (Å²) in [6, 6.07) is 7.10. The van der Waals surface area contributed by atoms with Crippen molar-refractivity contribution in [3.63, 3.8) is 0 Å². The van der Waals surface area contributed by atoms with Gasteiger partial charge in [-0.15, -0.1) is 0 Å². The molecule has 1 aromatic heterocycles. The van der Waals surface area contributed by atoms with E-state index in [1.807, 2.05) is 11.0 Å². The number of benzene rings is 1. The second kappa shape index (κ2) is 6.84. The van der Waals surface area contributed by atoms with Crippen molar-refractivity contribution >= 4 is 22.7 Å². The normalized spacial score (nSPS) is 16.2. The Labute approximate surface area is 138 Å². The molecule has 7 nitrogen and oxygen atoms in total. The zero-order valence-electron chi connectivity index (χ0n) is 13.2. The van der Waals surface area contributed by atoms with E-state index in [0.29, 0.717) is 24.0 Å². The molecule has 2 amide bonds. The van der Waals surface area contributed by atoms with Gasteiger partial charge >= 0.3 is 0 Å². The number of nitrogens with zero attached hydrogens (tertiary/aromatic N) is 1. The lowest BCUT2D eigenvalue weighted by Crippen LogP contribution is -2.47. The highest BCUT2D eigenvalue weighted by Gasteiger charge is 2.23. The molecule has 1 fully saturated rings. The van der Waals surface area contributed by atoms with E-state index in [-0.39, 0.29) is 35.4 Å². The summed E-state index contributed by atoms with van der Waals surface area (Å²) in [5, 5.41) is 3.41. The number of hydrogen-bond donors (Lipinski definition) is 3. The summed E-state index contributed by atoms with van der Waals surface area (Å²) < 4.78 is 0. The molecule has 0 radical (unpaired) electrons. The van der Waals surface area contributed by atoms with E-state index in [9.17, 15) is 14.4 Å². The summed E-state index contributed by atoms with van der Waals surface area (Å²) in [5.74, 6) is -0.712. The summed E-state index contributed by atoms with van der Waals surface area (Å²) in [7, 11) is 0. The summed E-state index contributed by atoms with van der Waals surface area (Å²) >= 11 is 0. The SMILES string of the molecule is NC(=O)CN1CCC(NC(=O)c2c[nH]c3ccccc3c2=O)CC1. The Morgan fingerprint density at radius 3 is 2.67 bits per heavy atom. The lowest BCUT2D eigenvalue weighted by molar-refractivity contribution is -0.119. The van der Waals surface area contributed by atoms with E-state index >= 15 is 0 Å². The number of aromatic nitrogens is 1. The number of rotatable bonds is 4. The third-order valence-electron chi connectivity index (χ3n) is 4.34. The van der Waals surface area contributed by atoms with Gasteiger partial charge in [0.05, 0.1) is 6.54 Å². The fourth-order valence-corrected chi connectivity index (χ4v) is 3.06. The highest BCUT2D eigenvalue weighted by molar-refractivity contribution is 5.97. The predicted molar refractivity (Wildman–Crippen MR) is 90.7 cm³/mol. The van der Waals surface area contributed by atoms with Crippen LogP contribution in [0.3, 0.4) is 0 Å². The lowest BCUT2D eigenvalue weighted by atomic mass is 10.0. The minimum atomic E-state index is -0.365. The van der Waals surface area contributed by atoms with Gasteiger partial charge < -0.3 is 16.0 Å². The topological polar surface area (TPSA) is 108 Å². The van der Waals surface area contributed by atoms with Gasteiger partial charge in [-0.05, 0) is 25.0 Å². The molecule has 0 atom stereocenters. The second-order valence-corrected chi connectivity index (χ2v) is 6.07.